The molecule has 2 aliphatic carbocycles. The van der Waals surface area contributed by atoms with Crippen LogP contribution >= 0.6 is 0 Å². The lowest BCUT2D eigenvalue weighted by atomic mass is 9.86. The van der Waals surface area contributed by atoms with Gasteiger partial charge in [-0.25, -0.2) is 13.6 Å². The molecular formula is C28H28F2N2O2. The number of benzene rings is 2. The molecule has 3 aliphatic rings. The predicted molar refractivity (Wildman–Crippen MR) is 127 cm³/mol. The van der Waals surface area contributed by atoms with Gasteiger partial charge >= 0.3 is 5.97 Å². The van der Waals surface area contributed by atoms with Crippen molar-refractivity contribution in [2.75, 3.05) is 6.54 Å². The van der Waals surface area contributed by atoms with Crippen LogP contribution in [0.3, 0.4) is 0 Å². The highest BCUT2D eigenvalue weighted by Crippen LogP contribution is 2.62. The Labute approximate surface area is 197 Å². The molecule has 6 heteroatoms. The standard InChI is InChI=1S/C28H28F2N2O2/c1-16-12-20-19-4-2-3-5-23(19)31-26(20)27(32(16)15-28(10-11-28)18-7-8-18)25-21(29)13-17(14-22(25)30)6-9-24(33)34/h2-6,9,13-14,16,18,27,31H,7-8,10-12,15H2,1H3,(H,33,34)/b9-6+/t16-,27-/m1/s1. The number of hydrogen-bond donors (Lipinski definition) is 2. The van der Waals surface area contributed by atoms with Crippen LogP contribution in [0.25, 0.3) is 17.0 Å². The van der Waals surface area contributed by atoms with Crippen LogP contribution in [0.1, 0.15) is 61.0 Å². The first-order valence-corrected chi connectivity index (χ1v) is 12.1. The Hall–Kier alpha value is -2.99. The van der Waals surface area contributed by atoms with Crippen molar-refractivity contribution < 1.29 is 18.7 Å². The number of carboxylic acid groups (broad SMARTS) is 1. The van der Waals surface area contributed by atoms with Crippen molar-refractivity contribution >= 4 is 22.9 Å². The third-order valence-electron chi connectivity index (χ3n) is 8.14. The van der Waals surface area contributed by atoms with Gasteiger partial charge in [0.05, 0.1) is 6.04 Å². The topological polar surface area (TPSA) is 56.3 Å². The highest BCUT2D eigenvalue weighted by atomic mass is 19.1. The third kappa shape index (κ3) is 3.56. The number of aromatic nitrogens is 1. The quantitative estimate of drug-likeness (QED) is 0.437. The maximum absolute atomic E-state index is 15.6. The molecule has 34 heavy (non-hydrogen) atoms. The third-order valence-corrected chi connectivity index (χ3v) is 8.14. The monoisotopic (exact) mass is 462 g/mol. The first kappa shape index (κ1) is 21.5. The minimum atomic E-state index is -1.16. The second-order valence-corrected chi connectivity index (χ2v) is 10.4. The molecule has 2 N–H and O–H groups in total. The Bertz CT molecular complexity index is 1300. The number of nitrogens with one attached hydrogen (secondary N) is 1. The van der Waals surface area contributed by atoms with Gasteiger partial charge < -0.3 is 10.1 Å². The molecule has 2 heterocycles. The molecule has 0 amide bonds. The van der Waals surface area contributed by atoms with E-state index in [-0.39, 0.29) is 22.6 Å². The van der Waals surface area contributed by atoms with Gasteiger partial charge in [-0.3, -0.25) is 4.90 Å². The summed E-state index contributed by atoms with van der Waals surface area (Å²) in [5.41, 5.74) is 3.51. The number of rotatable bonds is 6. The molecule has 2 atom stereocenters. The largest absolute Gasteiger partial charge is 0.478 e. The first-order chi connectivity index (χ1) is 16.4. The zero-order valence-corrected chi connectivity index (χ0v) is 19.2. The minimum absolute atomic E-state index is 0.0402. The zero-order valence-electron chi connectivity index (χ0n) is 19.2. The van der Waals surface area contributed by atoms with Crippen molar-refractivity contribution in [3.8, 4) is 0 Å². The molecule has 1 aliphatic heterocycles. The Balaban J connectivity index is 1.50. The molecule has 1 aromatic heterocycles. The number of carbonyl (C=O) groups is 1. The minimum Gasteiger partial charge on any atom is -0.478 e. The molecule has 3 aromatic rings. The van der Waals surface area contributed by atoms with Crippen LogP contribution in [0, 0.1) is 23.0 Å². The van der Waals surface area contributed by atoms with Crippen molar-refractivity contribution in [2.24, 2.45) is 11.3 Å². The highest BCUT2D eigenvalue weighted by molar-refractivity contribution is 5.86. The fourth-order valence-corrected chi connectivity index (χ4v) is 6.11. The highest BCUT2D eigenvalue weighted by Gasteiger charge is 2.56. The molecule has 176 valence electrons. The van der Waals surface area contributed by atoms with Crippen molar-refractivity contribution in [1.82, 2.24) is 9.88 Å². The first-order valence-electron chi connectivity index (χ1n) is 12.1. The Morgan fingerprint density at radius 1 is 1.21 bits per heavy atom. The van der Waals surface area contributed by atoms with E-state index in [2.05, 4.69) is 22.9 Å². The molecule has 6 rings (SSSR count). The van der Waals surface area contributed by atoms with Gasteiger partial charge in [-0.2, -0.15) is 0 Å². The summed E-state index contributed by atoms with van der Waals surface area (Å²) in [5, 5.41) is 10.0. The average Bonchev–Trinajstić information content (AvgIpc) is 3.71. The van der Waals surface area contributed by atoms with Crippen LogP contribution in [0.5, 0.6) is 0 Å². The molecular weight excluding hydrogens is 434 g/mol. The Morgan fingerprint density at radius 2 is 1.91 bits per heavy atom. The SMILES string of the molecule is C[C@@H]1Cc2c([nH]c3ccccc23)[C@@H](c2c(F)cc(/C=C/C(=O)O)cc2F)N1CC1(C2CC2)CC1. The molecule has 0 saturated heterocycles. The summed E-state index contributed by atoms with van der Waals surface area (Å²) in [6.45, 7) is 3.01. The van der Waals surface area contributed by atoms with E-state index in [4.69, 9.17) is 5.11 Å². The van der Waals surface area contributed by atoms with E-state index in [1.165, 1.54) is 43.9 Å². The van der Waals surface area contributed by atoms with Gasteiger partial charge in [0.15, 0.2) is 0 Å². The number of fused-ring (bicyclic) bond motifs is 3. The van der Waals surface area contributed by atoms with Crippen LogP contribution in [0.2, 0.25) is 0 Å². The van der Waals surface area contributed by atoms with Crippen molar-refractivity contribution in [2.45, 2.75) is 51.1 Å². The van der Waals surface area contributed by atoms with E-state index in [0.29, 0.717) is 0 Å². The molecule has 0 unspecified atom stereocenters. The molecule has 0 bridgehead atoms. The van der Waals surface area contributed by atoms with E-state index < -0.39 is 23.6 Å². The lowest BCUT2D eigenvalue weighted by molar-refractivity contribution is -0.131. The number of nitrogens with zero attached hydrogens (tertiary/aromatic N) is 1. The van der Waals surface area contributed by atoms with Crippen LogP contribution in [-0.2, 0) is 11.2 Å². The van der Waals surface area contributed by atoms with E-state index in [1.807, 2.05) is 18.2 Å². The number of aromatic amines is 1. The maximum atomic E-state index is 15.6. The molecule has 2 saturated carbocycles. The number of aliphatic carboxylic acids is 1. The maximum Gasteiger partial charge on any atom is 0.328 e. The van der Waals surface area contributed by atoms with Gasteiger partial charge in [0.25, 0.3) is 0 Å². The van der Waals surface area contributed by atoms with Gasteiger partial charge in [0.1, 0.15) is 11.6 Å². The fourth-order valence-electron chi connectivity index (χ4n) is 6.11. The second kappa shape index (κ2) is 7.77. The summed E-state index contributed by atoms with van der Waals surface area (Å²) in [7, 11) is 0. The lowest BCUT2D eigenvalue weighted by Crippen LogP contribution is -2.46. The van der Waals surface area contributed by atoms with Gasteiger partial charge in [0.2, 0.25) is 0 Å². The van der Waals surface area contributed by atoms with Crippen LogP contribution < -0.4 is 0 Å². The normalized spacial score (nSPS) is 24.0. The summed E-state index contributed by atoms with van der Waals surface area (Å²) >= 11 is 0. The van der Waals surface area contributed by atoms with E-state index >= 15 is 8.78 Å². The fraction of sp³-hybridized carbons (Fsp3) is 0.393. The second-order valence-electron chi connectivity index (χ2n) is 10.4. The zero-order chi connectivity index (χ0) is 23.6. The molecule has 4 nitrogen and oxygen atoms in total. The smallest absolute Gasteiger partial charge is 0.328 e. The molecule has 2 aromatic carbocycles. The summed E-state index contributed by atoms with van der Waals surface area (Å²) in [5.74, 6) is -1.71. The molecule has 0 radical (unpaired) electrons. The Morgan fingerprint density at radius 3 is 2.56 bits per heavy atom. The number of para-hydroxylation sites is 1. The van der Waals surface area contributed by atoms with Gasteiger partial charge in [0, 0.05) is 40.8 Å². The van der Waals surface area contributed by atoms with Crippen LogP contribution in [-0.4, -0.2) is 33.5 Å². The number of carboxylic acids is 1. The average molecular weight is 463 g/mol. The Kier molecular flexibility index (Phi) is 4.92. The van der Waals surface area contributed by atoms with Crippen molar-refractivity contribution in [1.29, 1.82) is 0 Å². The summed E-state index contributed by atoms with van der Waals surface area (Å²) in [4.78, 5) is 16.7. The van der Waals surface area contributed by atoms with Gasteiger partial charge in [-0.15, -0.1) is 0 Å². The number of halogens is 2. The van der Waals surface area contributed by atoms with Crippen molar-refractivity contribution in [3.05, 3.63) is 76.5 Å². The number of H-pyrrole nitrogens is 1. The predicted octanol–water partition coefficient (Wildman–Crippen LogP) is 6.07. The van der Waals surface area contributed by atoms with Crippen LogP contribution in [0.4, 0.5) is 8.78 Å². The van der Waals surface area contributed by atoms with Gasteiger partial charge in [-0.1, -0.05) is 18.2 Å². The van der Waals surface area contributed by atoms with Crippen LogP contribution in [0.15, 0.2) is 42.5 Å². The summed E-state index contributed by atoms with van der Waals surface area (Å²) in [6.07, 6.45) is 7.86. The molecule has 2 fully saturated rings. The summed E-state index contributed by atoms with van der Waals surface area (Å²) < 4.78 is 31.3. The van der Waals surface area contributed by atoms with Crippen molar-refractivity contribution in [3.63, 3.8) is 0 Å². The summed E-state index contributed by atoms with van der Waals surface area (Å²) in [6, 6.07) is 10.1. The molecule has 0 spiro atoms. The van der Waals surface area contributed by atoms with E-state index in [1.54, 1.807) is 0 Å². The lowest BCUT2D eigenvalue weighted by Gasteiger charge is -2.43. The van der Waals surface area contributed by atoms with E-state index in [9.17, 15) is 4.79 Å². The number of hydrogen-bond acceptors (Lipinski definition) is 2. The van der Waals surface area contributed by atoms with E-state index in [0.717, 1.165) is 47.1 Å². The van der Waals surface area contributed by atoms with Gasteiger partial charge in [-0.05, 0) is 85.8 Å².